The van der Waals surface area contributed by atoms with Gasteiger partial charge in [-0.1, -0.05) is 22.5 Å². The molecule has 0 spiro atoms. The fraction of sp³-hybridized carbons (Fsp3) is 0.238. The van der Waals surface area contributed by atoms with Gasteiger partial charge in [0, 0.05) is 16.2 Å². The molecular formula is C21H23Br2N3O5. The van der Waals surface area contributed by atoms with E-state index in [1.54, 1.807) is 25.3 Å². The number of carbonyl (C=O) groups is 2. The van der Waals surface area contributed by atoms with E-state index in [1.807, 2.05) is 19.1 Å². The number of anilines is 1. The van der Waals surface area contributed by atoms with Crippen LogP contribution in [0.25, 0.3) is 0 Å². The van der Waals surface area contributed by atoms with Gasteiger partial charge in [0.1, 0.15) is 17.2 Å². The van der Waals surface area contributed by atoms with Crippen molar-refractivity contribution in [1.82, 2.24) is 10.9 Å². The summed E-state index contributed by atoms with van der Waals surface area (Å²) in [6.07, 6.45) is -0.0617. The molecule has 2 rings (SSSR count). The molecule has 0 saturated heterocycles. The monoisotopic (exact) mass is 555 g/mol. The summed E-state index contributed by atoms with van der Waals surface area (Å²) in [5, 5.41) is 2.73. The highest BCUT2D eigenvalue weighted by Crippen LogP contribution is 2.31. The van der Waals surface area contributed by atoms with Crippen molar-refractivity contribution in [3.8, 4) is 17.2 Å². The van der Waals surface area contributed by atoms with Crippen molar-refractivity contribution in [2.24, 2.45) is 0 Å². The van der Waals surface area contributed by atoms with Gasteiger partial charge in [-0.2, -0.15) is 0 Å². The van der Waals surface area contributed by atoms with Crippen molar-refractivity contribution in [3.05, 3.63) is 57.1 Å². The van der Waals surface area contributed by atoms with Crippen LogP contribution in [-0.2, 0) is 9.59 Å². The van der Waals surface area contributed by atoms with E-state index in [0.717, 1.165) is 14.5 Å². The number of hydrogen-bond acceptors (Lipinski definition) is 6. The lowest BCUT2D eigenvalue weighted by molar-refractivity contribution is -0.124. The van der Waals surface area contributed by atoms with E-state index in [9.17, 15) is 9.59 Å². The molecule has 0 heterocycles. The smallest absolute Gasteiger partial charge is 0.276 e. The summed E-state index contributed by atoms with van der Waals surface area (Å²) in [5.41, 5.74) is 6.83. The second-order valence-corrected chi connectivity index (χ2v) is 8.10. The number of ether oxygens (including phenoxy) is 3. The summed E-state index contributed by atoms with van der Waals surface area (Å²) in [7, 11) is 3.04. The molecule has 0 aliphatic heterocycles. The van der Waals surface area contributed by atoms with Crippen LogP contribution in [0.3, 0.4) is 0 Å². The van der Waals surface area contributed by atoms with Crippen LogP contribution in [0, 0.1) is 6.92 Å². The average molecular weight is 557 g/mol. The Morgan fingerprint density at radius 1 is 0.968 bits per heavy atom. The zero-order valence-corrected chi connectivity index (χ0v) is 20.5. The number of nitrogens with one attached hydrogen (secondary N) is 3. The number of carbonyl (C=O) groups excluding carboxylic acids is 2. The molecule has 0 saturated carbocycles. The highest BCUT2D eigenvalue weighted by Gasteiger charge is 2.12. The van der Waals surface area contributed by atoms with Gasteiger partial charge in [0.05, 0.1) is 30.8 Å². The molecule has 2 aromatic carbocycles. The summed E-state index contributed by atoms with van der Waals surface area (Å²) < 4.78 is 17.5. The van der Waals surface area contributed by atoms with Crippen LogP contribution >= 0.6 is 31.9 Å². The molecule has 166 valence electrons. The van der Waals surface area contributed by atoms with Gasteiger partial charge < -0.3 is 25.0 Å². The van der Waals surface area contributed by atoms with Crippen molar-refractivity contribution < 1.29 is 23.8 Å². The van der Waals surface area contributed by atoms with Crippen LogP contribution in [0.4, 0.5) is 5.69 Å². The zero-order chi connectivity index (χ0) is 23.0. The van der Waals surface area contributed by atoms with E-state index in [4.69, 9.17) is 14.2 Å². The van der Waals surface area contributed by atoms with Gasteiger partial charge in [-0.3, -0.25) is 15.0 Å². The summed E-state index contributed by atoms with van der Waals surface area (Å²) in [5.74, 6) is 0.858. The van der Waals surface area contributed by atoms with Crippen molar-refractivity contribution in [2.75, 3.05) is 26.1 Å². The second-order valence-electron chi connectivity index (χ2n) is 6.39. The molecular weight excluding hydrogens is 534 g/mol. The first-order chi connectivity index (χ1) is 14.7. The molecule has 0 fully saturated rings. The fourth-order valence-electron chi connectivity index (χ4n) is 2.41. The zero-order valence-electron chi connectivity index (χ0n) is 17.3. The van der Waals surface area contributed by atoms with Crippen molar-refractivity contribution in [3.63, 3.8) is 0 Å². The molecule has 2 amide bonds. The number of hydrazine groups is 1. The van der Waals surface area contributed by atoms with Gasteiger partial charge in [0.2, 0.25) is 5.91 Å². The van der Waals surface area contributed by atoms with Crippen LogP contribution in [0.5, 0.6) is 17.2 Å². The molecule has 2 aromatic rings. The fourth-order valence-corrected chi connectivity index (χ4v) is 3.52. The average Bonchev–Trinajstić information content (AvgIpc) is 2.74. The number of hydrogen-bond donors (Lipinski definition) is 3. The lowest BCUT2D eigenvalue weighted by Crippen LogP contribution is -2.40. The quantitative estimate of drug-likeness (QED) is 0.381. The van der Waals surface area contributed by atoms with E-state index in [1.165, 1.54) is 7.11 Å². The Hall–Kier alpha value is -2.72. The Morgan fingerprint density at radius 3 is 2.39 bits per heavy atom. The van der Waals surface area contributed by atoms with E-state index < -0.39 is 5.91 Å². The lowest BCUT2D eigenvalue weighted by atomic mass is 10.2. The number of amides is 2. The maximum absolute atomic E-state index is 12.3. The maximum atomic E-state index is 12.3. The van der Waals surface area contributed by atoms with Crippen LogP contribution < -0.4 is 30.4 Å². The predicted molar refractivity (Wildman–Crippen MR) is 125 cm³/mol. The minimum Gasteiger partial charge on any atom is -0.497 e. The topological polar surface area (TPSA) is 97.9 Å². The van der Waals surface area contributed by atoms with E-state index in [2.05, 4.69) is 54.6 Å². The maximum Gasteiger partial charge on any atom is 0.276 e. The third-order valence-corrected chi connectivity index (χ3v) is 5.48. The Kier molecular flexibility index (Phi) is 9.20. The molecule has 10 heteroatoms. The van der Waals surface area contributed by atoms with Crippen LogP contribution in [0.15, 0.2) is 51.6 Å². The number of aryl methyl sites for hydroxylation is 1. The molecule has 0 atom stereocenters. The van der Waals surface area contributed by atoms with E-state index in [0.29, 0.717) is 28.6 Å². The third-order valence-electron chi connectivity index (χ3n) is 4.01. The number of halogens is 2. The second kappa shape index (κ2) is 11.6. The van der Waals surface area contributed by atoms with Crippen LogP contribution in [0.2, 0.25) is 0 Å². The van der Waals surface area contributed by atoms with Gasteiger partial charge >= 0.3 is 0 Å². The molecule has 0 radical (unpaired) electrons. The summed E-state index contributed by atoms with van der Waals surface area (Å²) in [4.78, 5) is 24.3. The summed E-state index contributed by atoms with van der Waals surface area (Å²) in [6, 6.07) is 8.70. The van der Waals surface area contributed by atoms with Gasteiger partial charge in [0.15, 0.2) is 6.61 Å². The first-order valence-electron chi connectivity index (χ1n) is 9.06. The summed E-state index contributed by atoms with van der Waals surface area (Å²) in [6.45, 7) is 5.45. The van der Waals surface area contributed by atoms with Gasteiger partial charge in [-0.15, -0.1) is 0 Å². The van der Waals surface area contributed by atoms with Crippen LogP contribution in [0.1, 0.15) is 12.0 Å². The van der Waals surface area contributed by atoms with E-state index >= 15 is 0 Å². The molecule has 3 N–H and O–H groups in total. The normalized spacial score (nSPS) is 10.1. The number of rotatable bonds is 10. The highest BCUT2D eigenvalue weighted by molar-refractivity contribution is 9.11. The van der Waals surface area contributed by atoms with E-state index in [-0.39, 0.29) is 18.9 Å². The largest absolute Gasteiger partial charge is 0.497 e. The van der Waals surface area contributed by atoms with Crippen LogP contribution in [-0.4, -0.2) is 32.6 Å². The highest BCUT2D eigenvalue weighted by atomic mass is 79.9. The minimum atomic E-state index is -0.425. The first kappa shape index (κ1) is 24.5. The molecule has 0 unspecified atom stereocenters. The van der Waals surface area contributed by atoms with Gasteiger partial charge in [0.25, 0.3) is 5.91 Å². The predicted octanol–water partition coefficient (Wildman–Crippen LogP) is 4.08. The molecule has 0 aliphatic carbocycles. The van der Waals surface area contributed by atoms with Crippen molar-refractivity contribution in [1.29, 1.82) is 0 Å². The van der Waals surface area contributed by atoms with Gasteiger partial charge in [-0.25, -0.2) is 0 Å². The lowest BCUT2D eigenvalue weighted by Gasteiger charge is -2.14. The molecule has 8 nitrogen and oxygen atoms in total. The number of benzene rings is 2. The van der Waals surface area contributed by atoms with Gasteiger partial charge in [-0.05, 0) is 52.7 Å². The molecule has 0 aromatic heterocycles. The first-order valence-corrected chi connectivity index (χ1v) is 10.6. The van der Waals surface area contributed by atoms with Crippen molar-refractivity contribution in [2.45, 2.75) is 13.3 Å². The SMILES string of the molecule is C=C(CC(=O)Nc1ccc(OC)cc1OC)NNC(=O)COc1cc(C)c(Br)cc1Br. The summed E-state index contributed by atoms with van der Waals surface area (Å²) >= 11 is 6.82. The number of methoxy groups -OCH3 is 2. The molecule has 0 aliphatic rings. The Morgan fingerprint density at radius 2 is 1.71 bits per heavy atom. The standard InChI is InChI=1S/C21H23Br2N3O5/c1-12-7-18(16(23)10-15(12)22)31-11-21(28)26-25-13(2)8-20(27)24-17-6-5-14(29-3)9-19(17)30-4/h5-7,9-10,25H,2,8,11H2,1,3-4H3,(H,24,27)(H,26,28). The molecule has 31 heavy (non-hydrogen) atoms. The Balaban J connectivity index is 1.79. The molecule has 0 bridgehead atoms. The Labute approximate surface area is 197 Å². The minimum absolute atomic E-state index is 0.0617. The van der Waals surface area contributed by atoms with Crippen molar-refractivity contribution >= 4 is 49.4 Å². The Bertz CT molecular complexity index is 982. The third kappa shape index (κ3) is 7.48.